The molecule has 0 radical (unpaired) electrons. The first kappa shape index (κ1) is 26.9. The van der Waals surface area contributed by atoms with Crippen molar-refractivity contribution in [1.29, 1.82) is 0 Å². The second kappa shape index (κ2) is 11.1. The molecule has 0 amide bonds. The largest absolute Gasteiger partial charge is 0.0885 e. The van der Waals surface area contributed by atoms with Crippen LogP contribution in [0.25, 0.3) is 27.8 Å². The normalized spacial score (nSPS) is 20.2. The average molecular weight is 567 g/mol. The Bertz CT molecular complexity index is 1920. The van der Waals surface area contributed by atoms with Crippen molar-refractivity contribution in [2.75, 3.05) is 0 Å². The van der Waals surface area contributed by atoms with Crippen LogP contribution in [-0.4, -0.2) is 0 Å². The third kappa shape index (κ3) is 4.44. The van der Waals surface area contributed by atoms with Crippen molar-refractivity contribution in [2.24, 2.45) is 0 Å². The lowest BCUT2D eigenvalue weighted by molar-refractivity contribution is 0.615. The van der Waals surface area contributed by atoms with E-state index in [1.165, 1.54) is 73.2 Å². The molecule has 2 atom stereocenters. The van der Waals surface area contributed by atoms with Crippen molar-refractivity contribution in [1.82, 2.24) is 0 Å². The summed E-state index contributed by atoms with van der Waals surface area (Å²) in [5.41, 5.74) is 15.7. The van der Waals surface area contributed by atoms with Gasteiger partial charge in [0.05, 0.1) is 5.41 Å². The number of hydrogen-bond donors (Lipinski definition) is 0. The van der Waals surface area contributed by atoms with Gasteiger partial charge in [-0.3, -0.25) is 0 Å². The van der Waals surface area contributed by atoms with Gasteiger partial charge in [0.2, 0.25) is 0 Å². The van der Waals surface area contributed by atoms with E-state index in [2.05, 4.69) is 153 Å². The lowest BCUT2D eigenvalue weighted by Crippen LogP contribution is -2.29. The molecule has 0 bridgehead atoms. The van der Waals surface area contributed by atoms with Crippen molar-refractivity contribution >= 4 is 5.57 Å². The van der Waals surface area contributed by atoms with Crippen LogP contribution in [0.4, 0.5) is 0 Å². The Morgan fingerprint density at radius 3 is 1.95 bits per heavy atom. The van der Waals surface area contributed by atoms with Gasteiger partial charge in [-0.15, -0.1) is 0 Å². The molecule has 0 N–H and O–H groups in total. The van der Waals surface area contributed by atoms with Crippen molar-refractivity contribution in [2.45, 2.75) is 50.4 Å². The Kier molecular flexibility index (Phi) is 6.79. The van der Waals surface area contributed by atoms with Crippen molar-refractivity contribution in [3.05, 3.63) is 185 Å². The minimum atomic E-state index is -0.410. The van der Waals surface area contributed by atoms with Crippen LogP contribution in [-0.2, 0) is 5.41 Å². The number of hydrogen-bond acceptors (Lipinski definition) is 0. The van der Waals surface area contributed by atoms with Crippen molar-refractivity contribution in [3.8, 4) is 22.3 Å². The number of fused-ring (bicyclic) bond motifs is 3. The molecule has 0 fully saturated rings. The van der Waals surface area contributed by atoms with E-state index in [4.69, 9.17) is 0 Å². The second-order valence-electron chi connectivity index (χ2n) is 12.7. The van der Waals surface area contributed by atoms with E-state index in [1.807, 2.05) is 0 Å². The minimum Gasteiger partial charge on any atom is -0.0885 e. The van der Waals surface area contributed by atoms with Crippen molar-refractivity contribution in [3.63, 3.8) is 0 Å². The van der Waals surface area contributed by atoms with Gasteiger partial charge < -0.3 is 0 Å². The fourth-order valence-electron chi connectivity index (χ4n) is 7.83. The van der Waals surface area contributed by atoms with Gasteiger partial charge in [-0.2, -0.15) is 0 Å². The van der Waals surface area contributed by atoms with E-state index in [9.17, 15) is 0 Å². The fraction of sp³-hybridized carbons (Fsp3) is 0.182. The maximum Gasteiger partial charge on any atom is 0.0713 e. The van der Waals surface area contributed by atoms with Crippen molar-refractivity contribution < 1.29 is 0 Å². The Morgan fingerprint density at radius 2 is 1.25 bits per heavy atom. The second-order valence-corrected chi connectivity index (χ2v) is 12.7. The predicted octanol–water partition coefficient (Wildman–Crippen LogP) is 11.6. The molecule has 214 valence electrons. The molecular formula is C44H38. The number of rotatable bonds is 5. The van der Waals surface area contributed by atoms with Gasteiger partial charge in [-0.05, 0) is 112 Å². The van der Waals surface area contributed by atoms with Gasteiger partial charge in [0, 0.05) is 0 Å². The zero-order valence-corrected chi connectivity index (χ0v) is 25.5. The summed E-state index contributed by atoms with van der Waals surface area (Å²) >= 11 is 0. The lowest BCUT2D eigenvalue weighted by atomic mass is 9.66. The van der Waals surface area contributed by atoms with Crippen LogP contribution in [0, 0.1) is 6.92 Å². The molecule has 5 aromatic rings. The number of aryl methyl sites for hydroxylation is 1. The monoisotopic (exact) mass is 566 g/mol. The van der Waals surface area contributed by atoms with Crippen LogP contribution in [0.2, 0.25) is 0 Å². The molecule has 5 aromatic carbocycles. The highest BCUT2D eigenvalue weighted by Crippen LogP contribution is 2.57. The molecule has 8 rings (SSSR count). The fourth-order valence-corrected chi connectivity index (χ4v) is 7.83. The van der Waals surface area contributed by atoms with Gasteiger partial charge in [0.15, 0.2) is 0 Å². The molecule has 0 heteroatoms. The molecular weight excluding hydrogens is 528 g/mol. The summed E-state index contributed by atoms with van der Waals surface area (Å²) in [6.45, 7) is 2.15. The first-order valence-corrected chi connectivity index (χ1v) is 16.3. The van der Waals surface area contributed by atoms with E-state index in [0.717, 1.165) is 25.7 Å². The third-order valence-corrected chi connectivity index (χ3v) is 10.1. The highest BCUT2D eigenvalue weighted by atomic mass is 14.5. The van der Waals surface area contributed by atoms with Gasteiger partial charge in [-0.25, -0.2) is 0 Å². The van der Waals surface area contributed by atoms with Gasteiger partial charge >= 0.3 is 0 Å². The molecule has 44 heavy (non-hydrogen) atoms. The molecule has 2 unspecified atom stereocenters. The van der Waals surface area contributed by atoms with E-state index < -0.39 is 5.41 Å². The van der Waals surface area contributed by atoms with Crippen LogP contribution in [0.5, 0.6) is 0 Å². The molecule has 0 saturated heterocycles. The zero-order chi connectivity index (χ0) is 29.5. The Hall–Kier alpha value is -4.68. The number of allylic oxidation sites excluding steroid dienone is 6. The third-order valence-electron chi connectivity index (χ3n) is 10.1. The molecule has 0 heterocycles. The topological polar surface area (TPSA) is 0 Å². The SMILES string of the molecule is Cc1ccc(-c2ccc(C3(c4ccccc4)c4cc(C5=CCCC=C5)ccc4-c4ccc(C5CC=CCC5)cc43)cc2)cc1. The number of benzene rings is 5. The quantitative estimate of drug-likeness (QED) is 0.182. The van der Waals surface area contributed by atoms with E-state index in [0.29, 0.717) is 5.92 Å². The average Bonchev–Trinajstić information content (AvgIpc) is 3.39. The zero-order valence-electron chi connectivity index (χ0n) is 25.5. The van der Waals surface area contributed by atoms with Crippen LogP contribution in [0.3, 0.4) is 0 Å². The predicted molar refractivity (Wildman–Crippen MR) is 186 cm³/mol. The maximum atomic E-state index is 2.57. The van der Waals surface area contributed by atoms with Crippen LogP contribution >= 0.6 is 0 Å². The molecule has 0 aliphatic heterocycles. The summed E-state index contributed by atoms with van der Waals surface area (Å²) in [5.74, 6) is 0.569. The first-order chi connectivity index (χ1) is 21.7. The van der Waals surface area contributed by atoms with E-state index in [1.54, 1.807) is 0 Å². The standard InChI is InChI=1S/C44H38/c1-31-17-19-34(20-18-31)35-21-25-39(26-22-35)44(38-15-9-4-10-16-38)42-29-36(32-11-5-2-6-12-32)23-27-40(42)41-28-24-37(30-43(41)44)33-13-7-3-8-14-33/h2,4-5,7,9-10,13-30,32H,3,6,8,11-12H2,1H3. The highest BCUT2D eigenvalue weighted by molar-refractivity contribution is 5.89. The van der Waals surface area contributed by atoms with Gasteiger partial charge in [0.1, 0.15) is 0 Å². The summed E-state index contributed by atoms with van der Waals surface area (Å²) in [7, 11) is 0. The molecule has 0 aromatic heterocycles. The maximum absolute atomic E-state index is 2.57. The van der Waals surface area contributed by atoms with Crippen LogP contribution in [0.15, 0.2) is 146 Å². The van der Waals surface area contributed by atoms with Crippen LogP contribution < -0.4 is 0 Å². The summed E-state index contributed by atoms with van der Waals surface area (Å²) in [4.78, 5) is 0. The van der Waals surface area contributed by atoms with E-state index in [-0.39, 0.29) is 0 Å². The molecule has 0 spiro atoms. The highest BCUT2D eigenvalue weighted by Gasteiger charge is 2.46. The summed E-state index contributed by atoms with van der Waals surface area (Å²) in [6.07, 6.45) is 17.5. The van der Waals surface area contributed by atoms with Gasteiger partial charge in [0.25, 0.3) is 0 Å². The summed E-state index contributed by atoms with van der Waals surface area (Å²) in [5, 5.41) is 0. The summed E-state index contributed by atoms with van der Waals surface area (Å²) < 4.78 is 0. The Labute approximate surface area is 262 Å². The lowest BCUT2D eigenvalue weighted by Gasteiger charge is -2.35. The minimum absolute atomic E-state index is 0.410. The molecule has 3 aliphatic rings. The smallest absolute Gasteiger partial charge is 0.0713 e. The Balaban J connectivity index is 1.39. The summed E-state index contributed by atoms with van der Waals surface area (Å²) in [6, 6.07) is 44.2. The van der Waals surface area contributed by atoms with Gasteiger partial charge in [-0.1, -0.05) is 145 Å². The Morgan fingerprint density at radius 1 is 0.568 bits per heavy atom. The first-order valence-electron chi connectivity index (χ1n) is 16.3. The molecule has 0 saturated carbocycles. The van der Waals surface area contributed by atoms with Crippen LogP contribution in [0.1, 0.15) is 77.0 Å². The molecule has 3 aliphatic carbocycles. The van der Waals surface area contributed by atoms with E-state index >= 15 is 0 Å². The molecule has 0 nitrogen and oxygen atoms in total.